The lowest BCUT2D eigenvalue weighted by atomic mass is 9.79. The molecule has 1 atom stereocenters. The third-order valence-electron chi connectivity index (χ3n) is 5.77. The van der Waals surface area contributed by atoms with Gasteiger partial charge in [0.15, 0.2) is 0 Å². The number of rotatable bonds is 4. The van der Waals surface area contributed by atoms with Crippen molar-refractivity contribution in [2.45, 2.75) is 76.5 Å². The van der Waals surface area contributed by atoms with Gasteiger partial charge in [-0.3, -0.25) is 5.32 Å². The van der Waals surface area contributed by atoms with E-state index in [1.165, 1.54) is 5.56 Å². The number of carbonyl (C=O) groups excluding carboxylic acids is 1. The SMILES string of the molecule is C#CCNC1CCc2ccc(OC(=O)NC3CC(C)(C)N([O])C(C)(C)C3)cc21. The van der Waals surface area contributed by atoms with E-state index in [1.807, 2.05) is 45.9 Å². The van der Waals surface area contributed by atoms with Crippen LogP contribution in [0.2, 0.25) is 0 Å². The van der Waals surface area contributed by atoms with E-state index < -0.39 is 17.2 Å². The first-order chi connectivity index (χ1) is 13.1. The van der Waals surface area contributed by atoms with Gasteiger partial charge in [0.05, 0.1) is 6.54 Å². The molecule has 3 rings (SSSR count). The molecule has 1 aromatic carbocycles. The summed E-state index contributed by atoms with van der Waals surface area (Å²) in [6, 6.07) is 5.85. The zero-order chi connectivity index (χ0) is 20.5. The number of benzene rings is 1. The van der Waals surface area contributed by atoms with Crippen molar-refractivity contribution in [1.82, 2.24) is 15.7 Å². The van der Waals surface area contributed by atoms with Gasteiger partial charge >= 0.3 is 6.09 Å². The maximum Gasteiger partial charge on any atom is 0.412 e. The molecule has 28 heavy (non-hydrogen) atoms. The monoisotopic (exact) mass is 384 g/mol. The number of carbonyl (C=O) groups is 1. The lowest BCUT2D eigenvalue weighted by Gasteiger charge is -2.49. The van der Waals surface area contributed by atoms with Gasteiger partial charge in [-0.1, -0.05) is 12.0 Å². The molecule has 1 aliphatic heterocycles. The molecule has 0 saturated carbocycles. The van der Waals surface area contributed by atoms with Crippen molar-refractivity contribution < 1.29 is 14.7 Å². The highest BCUT2D eigenvalue weighted by atomic mass is 16.6. The summed E-state index contributed by atoms with van der Waals surface area (Å²) in [4.78, 5) is 12.5. The van der Waals surface area contributed by atoms with Crippen molar-refractivity contribution in [3.8, 4) is 18.1 Å². The highest BCUT2D eigenvalue weighted by Crippen LogP contribution is 2.37. The molecule has 0 bridgehead atoms. The Morgan fingerprint density at radius 3 is 2.61 bits per heavy atom. The predicted molar refractivity (Wildman–Crippen MR) is 107 cm³/mol. The maximum atomic E-state index is 12.5. The van der Waals surface area contributed by atoms with E-state index in [4.69, 9.17) is 11.2 Å². The molecule has 2 N–H and O–H groups in total. The normalized spacial score (nSPS) is 23.6. The van der Waals surface area contributed by atoms with Crippen molar-refractivity contribution in [2.75, 3.05) is 6.54 Å². The number of ether oxygens (including phenoxy) is 1. The van der Waals surface area contributed by atoms with E-state index in [2.05, 4.69) is 16.6 Å². The third-order valence-corrected chi connectivity index (χ3v) is 5.77. The molecule has 1 heterocycles. The standard InChI is InChI=1S/C22H30N3O3/c1-6-11-23-19-10-8-15-7-9-17(12-18(15)19)28-20(26)24-16-13-21(2,3)25(27)22(4,5)14-16/h1,7,9,12,16,19,23H,8,10-11,13-14H2,2-5H3,(H,24,26). The number of hydrogen-bond acceptors (Lipinski definition) is 4. The van der Waals surface area contributed by atoms with Crippen LogP contribution in [-0.2, 0) is 11.6 Å². The van der Waals surface area contributed by atoms with Crippen molar-refractivity contribution in [2.24, 2.45) is 0 Å². The minimum atomic E-state index is -0.539. The van der Waals surface area contributed by atoms with E-state index >= 15 is 0 Å². The topological polar surface area (TPSA) is 73.5 Å². The van der Waals surface area contributed by atoms with E-state index in [9.17, 15) is 10.0 Å². The molecule has 1 radical (unpaired) electrons. The molecule has 1 saturated heterocycles. The minimum Gasteiger partial charge on any atom is -0.410 e. The summed E-state index contributed by atoms with van der Waals surface area (Å²) >= 11 is 0. The van der Waals surface area contributed by atoms with Crippen LogP contribution in [0.3, 0.4) is 0 Å². The minimum absolute atomic E-state index is 0.109. The Morgan fingerprint density at radius 2 is 1.96 bits per heavy atom. The summed E-state index contributed by atoms with van der Waals surface area (Å²) in [7, 11) is 0. The quantitative estimate of drug-likeness (QED) is 0.781. The molecule has 6 heteroatoms. The fourth-order valence-electron chi connectivity index (χ4n) is 4.71. The Labute approximate surface area is 167 Å². The van der Waals surface area contributed by atoms with Crippen molar-refractivity contribution in [3.05, 3.63) is 29.3 Å². The van der Waals surface area contributed by atoms with Crippen LogP contribution >= 0.6 is 0 Å². The first-order valence-electron chi connectivity index (χ1n) is 9.88. The summed E-state index contributed by atoms with van der Waals surface area (Å²) in [5, 5.41) is 19.9. The van der Waals surface area contributed by atoms with Gasteiger partial charge in [0.2, 0.25) is 0 Å². The zero-order valence-corrected chi connectivity index (χ0v) is 17.2. The van der Waals surface area contributed by atoms with E-state index in [-0.39, 0.29) is 12.1 Å². The van der Waals surface area contributed by atoms with Gasteiger partial charge in [-0.25, -0.2) is 4.79 Å². The summed E-state index contributed by atoms with van der Waals surface area (Å²) in [5.74, 6) is 3.12. The lowest BCUT2D eigenvalue weighted by Crippen LogP contribution is -2.62. The van der Waals surface area contributed by atoms with E-state index in [0.717, 1.165) is 23.5 Å². The Hall–Kier alpha value is -2.07. The average Bonchev–Trinajstić information content (AvgIpc) is 2.99. The predicted octanol–water partition coefficient (Wildman–Crippen LogP) is 3.35. The number of aryl methyl sites for hydroxylation is 1. The highest BCUT2D eigenvalue weighted by Gasteiger charge is 2.46. The first-order valence-corrected chi connectivity index (χ1v) is 9.88. The Balaban J connectivity index is 1.64. The molecule has 2 aliphatic rings. The van der Waals surface area contributed by atoms with E-state index in [0.29, 0.717) is 25.1 Å². The molecule has 1 aromatic rings. The van der Waals surface area contributed by atoms with Crippen LogP contribution in [0.5, 0.6) is 5.75 Å². The highest BCUT2D eigenvalue weighted by molar-refractivity contribution is 5.71. The van der Waals surface area contributed by atoms with Gasteiger partial charge in [-0.05, 0) is 76.6 Å². The van der Waals surface area contributed by atoms with Gasteiger partial charge < -0.3 is 10.1 Å². The summed E-state index contributed by atoms with van der Waals surface area (Å²) in [6.07, 6.45) is 8.00. The van der Waals surface area contributed by atoms with Crippen molar-refractivity contribution in [3.63, 3.8) is 0 Å². The second-order valence-corrected chi connectivity index (χ2v) is 9.10. The molecular weight excluding hydrogens is 354 g/mol. The number of amides is 1. The molecule has 1 amide bonds. The molecule has 0 spiro atoms. The Bertz CT molecular complexity index is 764. The Kier molecular flexibility index (Phi) is 5.72. The average molecular weight is 385 g/mol. The summed E-state index contributed by atoms with van der Waals surface area (Å²) < 4.78 is 5.55. The van der Waals surface area contributed by atoms with Gasteiger partial charge in [0, 0.05) is 23.2 Å². The number of hydroxylamine groups is 2. The van der Waals surface area contributed by atoms with Gasteiger partial charge in [-0.15, -0.1) is 16.7 Å². The molecule has 1 aliphatic carbocycles. The molecule has 6 nitrogen and oxygen atoms in total. The second kappa shape index (κ2) is 7.75. The van der Waals surface area contributed by atoms with Gasteiger partial charge in [-0.2, -0.15) is 0 Å². The van der Waals surface area contributed by atoms with Crippen molar-refractivity contribution >= 4 is 6.09 Å². The number of hydrogen-bond donors (Lipinski definition) is 2. The first kappa shape index (κ1) is 20.7. The lowest BCUT2D eigenvalue weighted by molar-refractivity contribution is -0.289. The van der Waals surface area contributed by atoms with Crippen molar-refractivity contribution in [1.29, 1.82) is 0 Å². The third kappa shape index (κ3) is 4.33. The van der Waals surface area contributed by atoms with E-state index in [1.54, 1.807) is 0 Å². The number of nitrogens with one attached hydrogen (secondary N) is 2. The number of fused-ring (bicyclic) bond motifs is 1. The van der Waals surface area contributed by atoms with Crippen LogP contribution in [0.1, 0.15) is 64.1 Å². The zero-order valence-electron chi connectivity index (χ0n) is 17.2. The molecule has 1 fully saturated rings. The Morgan fingerprint density at radius 1 is 1.29 bits per heavy atom. The van der Waals surface area contributed by atoms with Crippen LogP contribution < -0.4 is 15.4 Å². The second-order valence-electron chi connectivity index (χ2n) is 9.10. The number of terminal acetylenes is 1. The van der Waals surface area contributed by atoms with Gasteiger partial charge in [0.1, 0.15) is 5.75 Å². The van der Waals surface area contributed by atoms with Crippen LogP contribution in [0.25, 0.3) is 0 Å². The van der Waals surface area contributed by atoms with Gasteiger partial charge in [0.25, 0.3) is 0 Å². The maximum absolute atomic E-state index is 12.5. The fourth-order valence-corrected chi connectivity index (χ4v) is 4.71. The number of piperidine rings is 1. The summed E-state index contributed by atoms with van der Waals surface area (Å²) in [5.41, 5.74) is 1.32. The smallest absolute Gasteiger partial charge is 0.410 e. The molecule has 151 valence electrons. The molecular formula is C22H30N3O3. The fraction of sp³-hybridized carbons (Fsp3) is 0.591. The number of nitrogens with zero attached hydrogens (tertiary/aromatic N) is 1. The summed E-state index contributed by atoms with van der Waals surface area (Å²) in [6.45, 7) is 8.14. The molecule has 0 aromatic heterocycles. The van der Waals surface area contributed by atoms with Crippen LogP contribution in [0.4, 0.5) is 4.79 Å². The van der Waals surface area contributed by atoms with Crippen LogP contribution in [0, 0.1) is 12.3 Å². The largest absolute Gasteiger partial charge is 0.412 e. The molecule has 1 unspecified atom stereocenters. The van der Waals surface area contributed by atoms with Crippen LogP contribution in [0.15, 0.2) is 18.2 Å². The van der Waals surface area contributed by atoms with Crippen LogP contribution in [-0.4, -0.2) is 34.8 Å².